The third kappa shape index (κ3) is 4.50. The molecule has 0 saturated carbocycles. The van der Waals surface area contributed by atoms with E-state index in [2.05, 4.69) is 15.2 Å². The number of pyridine rings is 1. The number of aliphatic imine (C=N–C) groups is 1. The van der Waals surface area contributed by atoms with Gasteiger partial charge < -0.3 is 14.5 Å². The lowest BCUT2D eigenvalue weighted by Crippen LogP contribution is -2.57. The number of ether oxygens (including phenoxy) is 1. The number of aromatic nitrogens is 1. The smallest absolute Gasteiger partial charge is 0.321 e. The van der Waals surface area contributed by atoms with Crippen molar-refractivity contribution in [1.29, 1.82) is 0 Å². The lowest BCUT2D eigenvalue weighted by atomic mass is 9.91. The van der Waals surface area contributed by atoms with Gasteiger partial charge in [0.25, 0.3) is 0 Å². The van der Waals surface area contributed by atoms with Gasteiger partial charge in [0.15, 0.2) is 5.92 Å². The SMILES string of the molecule is CCOC(=O)[C@H]1C(=O)NC(N2CCN(c3ccccn3)CC2)=N[C@@H]1c1ccc(F)cc1. The number of carbonyl (C=O) groups is 2. The highest BCUT2D eigenvalue weighted by Crippen LogP contribution is 2.31. The third-order valence-electron chi connectivity index (χ3n) is 5.40. The first-order valence-corrected chi connectivity index (χ1v) is 10.3. The lowest BCUT2D eigenvalue weighted by Gasteiger charge is -2.39. The maximum atomic E-state index is 13.4. The van der Waals surface area contributed by atoms with Crippen molar-refractivity contribution < 1.29 is 18.7 Å². The summed E-state index contributed by atoms with van der Waals surface area (Å²) in [5.41, 5.74) is 0.582. The number of benzene rings is 1. The van der Waals surface area contributed by atoms with Crippen molar-refractivity contribution in [3.05, 3.63) is 60.0 Å². The fraction of sp³-hybridized carbons (Fsp3) is 0.364. The number of piperazine rings is 1. The van der Waals surface area contributed by atoms with Gasteiger partial charge in [-0.3, -0.25) is 14.9 Å². The predicted molar refractivity (Wildman–Crippen MR) is 113 cm³/mol. The lowest BCUT2D eigenvalue weighted by molar-refractivity contribution is -0.153. The topological polar surface area (TPSA) is 87.1 Å². The first kappa shape index (κ1) is 20.8. The highest BCUT2D eigenvalue weighted by atomic mass is 19.1. The van der Waals surface area contributed by atoms with Crippen molar-refractivity contribution in [3.63, 3.8) is 0 Å². The van der Waals surface area contributed by atoms with Crippen LogP contribution in [0.25, 0.3) is 0 Å². The summed E-state index contributed by atoms with van der Waals surface area (Å²) in [4.78, 5) is 38.6. The number of nitrogens with zero attached hydrogens (tertiary/aromatic N) is 4. The Balaban J connectivity index is 1.56. The molecule has 2 atom stereocenters. The van der Waals surface area contributed by atoms with Crippen molar-refractivity contribution in [2.45, 2.75) is 13.0 Å². The number of anilines is 1. The summed E-state index contributed by atoms with van der Waals surface area (Å²) in [5, 5.41) is 2.77. The van der Waals surface area contributed by atoms with Crippen LogP contribution in [0.4, 0.5) is 10.2 Å². The van der Waals surface area contributed by atoms with Gasteiger partial charge in [-0.25, -0.2) is 14.4 Å². The Kier molecular flexibility index (Phi) is 6.11. The standard InChI is InChI=1S/C22H24FN5O3/c1-2-31-21(30)18-19(15-6-8-16(23)9-7-15)25-22(26-20(18)29)28-13-11-27(12-14-28)17-5-3-4-10-24-17/h3-10,18-19H,2,11-14H2,1H3,(H,25,26,29)/t18-,19-/m1/s1. The third-order valence-corrected chi connectivity index (χ3v) is 5.40. The molecule has 31 heavy (non-hydrogen) atoms. The van der Waals surface area contributed by atoms with Gasteiger partial charge in [-0.15, -0.1) is 0 Å². The van der Waals surface area contributed by atoms with Crippen molar-refractivity contribution in [1.82, 2.24) is 15.2 Å². The maximum Gasteiger partial charge on any atom is 0.321 e. The Hall–Kier alpha value is -3.49. The van der Waals surface area contributed by atoms with Crippen LogP contribution in [-0.4, -0.2) is 60.5 Å². The number of hydrogen-bond donors (Lipinski definition) is 1. The zero-order chi connectivity index (χ0) is 21.8. The van der Waals surface area contributed by atoms with Crippen LogP contribution in [0.15, 0.2) is 53.7 Å². The number of esters is 1. The van der Waals surface area contributed by atoms with Gasteiger partial charge in [-0.1, -0.05) is 18.2 Å². The minimum atomic E-state index is -1.12. The Bertz CT molecular complexity index is 959. The Morgan fingerprint density at radius 2 is 1.84 bits per heavy atom. The first-order chi connectivity index (χ1) is 15.1. The molecule has 2 aliphatic heterocycles. The number of hydrogen-bond acceptors (Lipinski definition) is 7. The molecule has 162 valence electrons. The van der Waals surface area contributed by atoms with Gasteiger partial charge in [0.05, 0.1) is 6.61 Å². The highest BCUT2D eigenvalue weighted by Gasteiger charge is 2.42. The van der Waals surface area contributed by atoms with Crippen LogP contribution in [0, 0.1) is 11.7 Å². The van der Waals surface area contributed by atoms with Crippen LogP contribution >= 0.6 is 0 Å². The van der Waals surface area contributed by atoms with Crippen molar-refractivity contribution in [3.8, 4) is 0 Å². The average molecular weight is 425 g/mol. The number of amides is 1. The maximum absolute atomic E-state index is 13.4. The molecule has 8 nitrogen and oxygen atoms in total. The van der Waals surface area contributed by atoms with Crippen LogP contribution in [0.2, 0.25) is 0 Å². The molecule has 2 aromatic rings. The molecular weight excluding hydrogens is 401 g/mol. The van der Waals surface area contributed by atoms with E-state index >= 15 is 0 Å². The largest absolute Gasteiger partial charge is 0.465 e. The van der Waals surface area contributed by atoms with Crippen LogP contribution in [0.5, 0.6) is 0 Å². The summed E-state index contributed by atoms with van der Waals surface area (Å²) in [6, 6.07) is 10.7. The minimum absolute atomic E-state index is 0.158. The molecule has 1 fully saturated rings. The number of carbonyl (C=O) groups excluding carboxylic acids is 2. The Morgan fingerprint density at radius 3 is 2.48 bits per heavy atom. The van der Waals surface area contributed by atoms with Gasteiger partial charge in [0, 0.05) is 32.4 Å². The number of nitrogens with one attached hydrogen (secondary N) is 1. The second-order valence-electron chi connectivity index (χ2n) is 7.33. The molecular formula is C22H24FN5O3. The van der Waals surface area contributed by atoms with Gasteiger partial charge in [0.1, 0.15) is 17.7 Å². The van der Waals surface area contributed by atoms with Gasteiger partial charge in [-0.2, -0.15) is 0 Å². The first-order valence-electron chi connectivity index (χ1n) is 10.3. The monoisotopic (exact) mass is 425 g/mol. The number of guanidine groups is 1. The normalized spacial score (nSPS) is 21.4. The highest BCUT2D eigenvalue weighted by molar-refractivity contribution is 6.08. The summed E-state index contributed by atoms with van der Waals surface area (Å²) in [6.45, 7) is 4.54. The Labute approximate surface area is 179 Å². The van der Waals surface area contributed by atoms with E-state index in [4.69, 9.17) is 9.73 Å². The van der Waals surface area contributed by atoms with Crippen molar-refractivity contribution in [2.24, 2.45) is 10.9 Å². The van der Waals surface area contributed by atoms with Crippen molar-refractivity contribution in [2.75, 3.05) is 37.7 Å². The summed E-state index contributed by atoms with van der Waals surface area (Å²) >= 11 is 0. The van der Waals surface area contributed by atoms with Crippen molar-refractivity contribution >= 4 is 23.7 Å². The molecule has 1 aromatic carbocycles. The van der Waals surface area contributed by atoms with Crippen LogP contribution in [-0.2, 0) is 14.3 Å². The van der Waals surface area contributed by atoms with E-state index in [0.717, 1.165) is 5.82 Å². The average Bonchev–Trinajstić information content (AvgIpc) is 2.80. The molecule has 0 radical (unpaired) electrons. The van der Waals surface area contributed by atoms with E-state index in [1.54, 1.807) is 25.3 Å². The number of halogens is 1. The minimum Gasteiger partial charge on any atom is -0.465 e. The van der Waals surface area contributed by atoms with E-state index in [0.29, 0.717) is 37.7 Å². The van der Waals surface area contributed by atoms with Crippen LogP contribution < -0.4 is 10.2 Å². The zero-order valence-corrected chi connectivity index (χ0v) is 17.2. The van der Waals surface area contributed by atoms with E-state index in [1.165, 1.54) is 12.1 Å². The Morgan fingerprint density at radius 1 is 1.13 bits per heavy atom. The molecule has 3 heterocycles. The van der Waals surface area contributed by atoms with E-state index < -0.39 is 29.7 Å². The predicted octanol–water partition coefficient (Wildman–Crippen LogP) is 1.75. The second kappa shape index (κ2) is 9.11. The summed E-state index contributed by atoms with van der Waals surface area (Å²) in [6.07, 6.45) is 1.76. The molecule has 2 aliphatic rings. The van der Waals surface area contributed by atoms with Crippen LogP contribution in [0.1, 0.15) is 18.5 Å². The number of rotatable bonds is 4. The van der Waals surface area contributed by atoms with Gasteiger partial charge >= 0.3 is 5.97 Å². The summed E-state index contributed by atoms with van der Waals surface area (Å²) in [7, 11) is 0. The summed E-state index contributed by atoms with van der Waals surface area (Å²) in [5.74, 6) is -1.30. The molecule has 0 aliphatic carbocycles. The molecule has 0 unspecified atom stereocenters. The molecule has 0 spiro atoms. The quantitative estimate of drug-likeness (QED) is 0.593. The fourth-order valence-electron chi connectivity index (χ4n) is 3.81. The molecule has 4 rings (SSSR count). The second-order valence-corrected chi connectivity index (χ2v) is 7.33. The molecule has 1 saturated heterocycles. The fourth-order valence-corrected chi connectivity index (χ4v) is 3.81. The zero-order valence-electron chi connectivity index (χ0n) is 17.2. The van der Waals surface area contributed by atoms with Gasteiger partial charge in [-0.05, 0) is 36.8 Å². The van der Waals surface area contributed by atoms with E-state index in [9.17, 15) is 14.0 Å². The molecule has 1 N–H and O–H groups in total. The molecule has 1 aromatic heterocycles. The van der Waals surface area contributed by atoms with E-state index in [-0.39, 0.29) is 6.61 Å². The molecule has 0 bridgehead atoms. The summed E-state index contributed by atoms with van der Waals surface area (Å²) < 4.78 is 18.5. The molecule has 9 heteroatoms. The molecule has 1 amide bonds. The van der Waals surface area contributed by atoms with Gasteiger partial charge in [0.2, 0.25) is 11.9 Å². The van der Waals surface area contributed by atoms with E-state index in [1.807, 2.05) is 23.1 Å². The van der Waals surface area contributed by atoms with Crippen LogP contribution in [0.3, 0.4) is 0 Å².